The Bertz CT molecular complexity index is 1420. The summed E-state index contributed by atoms with van der Waals surface area (Å²) in [6, 6.07) is 18.4. The number of carbonyl (C=O) groups excluding carboxylic acids is 2. The van der Waals surface area contributed by atoms with Crippen LogP contribution in [-0.2, 0) is 0 Å². The lowest BCUT2D eigenvalue weighted by Gasteiger charge is -2.28. The summed E-state index contributed by atoms with van der Waals surface area (Å²) in [6.45, 7) is 3.72. The second-order valence-corrected chi connectivity index (χ2v) is 9.71. The van der Waals surface area contributed by atoms with Gasteiger partial charge in [-0.25, -0.2) is 9.78 Å². The number of rotatable bonds is 5. The Hall–Kier alpha value is -3.95. The van der Waals surface area contributed by atoms with Crippen LogP contribution in [0.2, 0.25) is 0 Å². The quantitative estimate of drug-likeness (QED) is 0.365. The van der Waals surface area contributed by atoms with Crippen LogP contribution in [-0.4, -0.2) is 36.1 Å². The Kier molecular flexibility index (Phi) is 5.35. The highest BCUT2D eigenvalue weighted by atomic mass is 32.1. The van der Waals surface area contributed by atoms with E-state index in [1.165, 1.54) is 11.3 Å². The third kappa shape index (κ3) is 3.88. The predicted octanol–water partition coefficient (Wildman–Crippen LogP) is 5.11. The van der Waals surface area contributed by atoms with E-state index in [1.54, 1.807) is 17.2 Å². The van der Waals surface area contributed by atoms with Gasteiger partial charge in [-0.15, -0.1) is 11.3 Å². The normalized spacial score (nSPS) is 19.0. The van der Waals surface area contributed by atoms with Gasteiger partial charge in [-0.1, -0.05) is 25.1 Å². The lowest BCUT2D eigenvalue weighted by atomic mass is 10.1. The summed E-state index contributed by atoms with van der Waals surface area (Å²) in [5.41, 5.74) is 1.90. The number of hydrogen-bond acceptors (Lipinski definition) is 6. The summed E-state index contributed by atoms with van der Waals surface area (Å²) in [6.07, 6.45) is 1.67. The van der Waals surface area contributed by atoms with Crippen molar-refractivity contribution in [1.29, 1.82) is 0 Å². The van der Waals surface area contributed by atoms with Crippen LogP contribution in [0.15, 0.2) is 66.9 Å². The van der Waals surface area contributed by atoms with Crippen molar-refractivity contribution in [3.05, 3.63) is 71.7 Å². The number of hydrogen-bond donors (Lipinski definition) is 3. The summed E-state index contributed by atoms with van der Waals surface area (Å²) in [5.74, 6) is 1.56. The number of amides is 3. The van der Waals surface area contributed by atoms with E-state index in [0.29, 0.717) is 38.4 Å². The first kappa shape index (κ1) is 21.6. The highest BCUT2D eigenvalue weighted by Crippen LogP contribution is 2.45. The summed E-state index contributed by atoms with van der Waals surface area (Å²) >= 11 is 1.29. The number of urea groups is 1. The Labute approximate surface area is 205 Å². The number of ether oxygens (including phenoxy) is 1. The lowest BCUT2D eigenvalue weighted by Crippen LogP contribution is -2.40. The molecule has 2 atom stereocenters. The molecule has 1 unspecified atom stereocenters. The van der Waals surface area contributed by atoms with Gasteiger partial charge in [0, 0.05) is 18.8 Å². The van der Waals surface area contributed by atoms with Gasteiger partial charge in [0.2, 0.25) is 0 Å². The van der Waals surface area contributed by atoms with Gasteiger partial charge in [-0.3, -0.25) is 9.69 Å². The van der Waals surface area contributed by atoms with Gasteiger partial charge in [0.05, 0.1) is 22.4 Å². The molecule has 0 bridgehead atoms. The number of para-hydroxylation sites is 1. The minimum Gasteiger partial charge on any atom is -0.457 e. The van der Waals surface area contributed by atoms with Gasteiger partial charge in [0.25, 0.3) is 5.91 Å². The molecule has 1 saturated heterocycles. The monoisotopic (exact) mass is 485 g/mol. The van der Waals surface area contributed by atoms with E-state index in [1.807, 2.05) is 54.6 Å². The Balaban J connectivity index is 1.32. The van der Waals surface area contributed by atoms with E-state index < -0.39 is 0 Å². The minimum absolute atomic E-state index is 0.0553. The zero-order valence-corrected chi connectivity index (χ0v) is 19.8. The van der Waals surface area contributed by atoms with Crippen molar-refractivity contribution in [2.45, 2.75) is 13.0 Å². The van der Waals surface area contributed by atoms with Gasteiger partial charge in [0.15, 0.2) is 0 Å². The molecular formula is C26H23N5O3S. The van der Waals surface area contributed by atoms with Crippen molar-refractivity contribution in [2.24, 2.45) is 5.92 Å². The van der Waals surface area contributed by atoms with Crippen LogP contribution in [0.4, 0.5) is 21.9 Å². The van der Waals surface area contributed by atoms with E-state index >= 15 is 0 Å². The van der Waals surface area contributed by atoms with E-state index in [9.17, 15) is 9.59 Å². The maximum absolute atomic E-state index is 13.3. The average Bonchev–Trinajstić information content (AvgIpc) is 3.44. The van der Waals surface area contributed by atoms with Crippen LogP contribution in [0.3, 0.4) is 0 Å². The van der Waals surface area contributed by atoms with Crippen molar-refractivity contribution in [1.82, 2.24) is 15.6 Å². The topological polar surface area (TPSA) is 95.6 Å². The van der Waals surface area contributed by atoms with Crippen molar-refractivity contribution in [3.63, 3.8) is 0 Å². The van der Waals surface area contributed by atoms with Crippen LogP contribution in [0.25, 0.3) is 10.2 Å². The SMILES string of the molecule is C[C@H]1CNCC1NC(=O)c1sc2nccc3c2c1NC(=O)N3c1ccc(Oc2ccccc2)cc1. The van der Waals surface area contributed by atoms with Gasteiger partial charge < -0.3 is 20.7 Å². The second kappa shape index (κ2) is 8.68. The summed E-state index contributed by atoms with van der Waals surface area (Å²) < 4.78 is 5.88. The number of anilines is 3. The molecule has 35 heavy (non-hydrogen) atoms. The zero-order chi connectivity index (χ0) is 23.9. The van der Waals surface area contributed by atoms with Crippen molar-refractivity contribution in [3.8, 4) is 11.5 Å². The molecule has 8 nitrogen and oxygen atoms in total. The summed E-state index contributed by atoms with van der Waals surface area (Å²) in [4.78, 5) is 33.7. The van der Waals surface area contributed by atoms with Crippen LogP contribution in [0.5, 0.6) is 11.5 Å². The van der Waals surface area contributed by atoms with Gasteiger partial charge in [-0.2, -0.15) is 0 Å². The summed E-state index contributed by atoms with van der Waals surface area (Å²) in [7, 11) is 0. The van der Waals surface area contributed by atoms with Crippen LogP contribution >= 0.6 is 11.3 Å². The molecule has 176 valence electrons. The van der Waals surface area contributed by atoms with Crippen LogP contribution in [0.1, 0.15) is 16.6 Å². The molecule has 0 aliphatic carbocycles. The molecule has 2 aliphatic heterocycles. The fourth-order valence-corrected chi connectivity index (χ4v) is 5.55. The standard InChI is InChI=1S/C26H23N5O3S/c1-15-13-27-14-19(15)29-24(32)23-22-21-20(11-12-28-25(21)35-23)31(26(33)30-22)16-7-9-18(10-8-16)34-17-5-3-2-4-6-17/h2-12,15,19,27H,13-14H2,1H3,(H,29,32)(H,30,33)/t15-,19?/m0/s1. The van der Waals surface area contributed by atoms with Crippen molar-refractivity contribution >= 4 is 50.6 Å². The molecule has 4 heterocycles. The molecule has 2 aliphatic rings. The molecule has 1 fully saturated rings. The number of pyridine rings is 1. The first-order valence-electron chi connectivity index (χ1n) is 11.5. The first-order chi connectivity index (χ1) is 17.1. The number of carbonyl (C=O) groups is 2. The van der Waals surface area contributed by atoms with E-state index in [4.69, 9.17) is 4.74 Å². The number of benzene rings is 2. The van der Waals surface area contributed by atoms with E-state index in [-0.39, 0.29) is 18.0 Å². The smallest absolute Gasteiger partial charge is 0.331 e. The van der Waals surface area contributed by atoms with Gasteiger partial charge in [0.1, 0.15) is 21.2 Å². The fourth-order valence-electron chi connectivity index (χ4n) is 4.53. The number of nitrogens with one attached hydrogen (secondary N) is 3. The van der Waals surface area contributed by atoms with Gasteiger partial charge in [-0.05, 0) is 54.9 Å². The predicted molar refractivity (Wildman–Crippen MR) is 137 cm³/mol. The second-order valence-electron chi connectivity index (χ2n) is 8.71. The highest BCUT2D eigenvalue weighted by molar-refractivity contribution is 7.21. The molecule has 3 N–H and O–H groups in total. The van der Waals surface area contributed by atoms with Crippen molar-refractivity contribution < 1.29 is 14.3 Å². The Morgan fingerprint density at radius 1 is 1.09 bits per heavy atom. The number of thiophene rings is 1. The minimum atomic E-state index is -0.329. The molecule has 4 aromatic rings. The third-order valence-electron chi connectivity index (χ3n) is 6.36. The molecule has 3 amide bonds. The molecule has 2 aromatic carbocycles. The molecule has 0 spiro atoms. The Morgan fingerprint density at radius 3 is 2.60 bits per heavy atom. The third-order valence-corrected chi connectivity index (χ3v) is 7.46. The average molecular weight is 486 g/mol. The first-order valence-corrected chi connectivity index (χ1v) is 12.3. The number of aromatic nitrogens is 1. The molecule has 0 radical (unpaired) electrons. The largest absolute Gasteiger partial charge is 0.457 e. The molecule has 2 aromatic heterocycles. The van der Waals surface area contributed by atoms with E-state index in [2.05, 4.69) is 27.9 Å². The molecule has 9 heteroatoms. The van der Waals surface area contributed by atoms with Crippen molar-refractivity contribution in [2.75, 3.05) is 23.3 Å². The highest BCUT2D eigenvalue weighted by Gasteiger charge is 2.34. The Morgan fingerprint density at radius 2 is 1.86 bits per heavy atom. The lowest BCUT2D eigenvalue weighted by molar-refractivity contribution is 0.0938. The van der Waals surface area contributed by atoms with Crippen LogP contribution < -0.4 is 25.6 Å². The molecule has 0 saturated carbocycles. The maximum Gasteiger partial charge on any atom is 0.331 e. The van der Waals surface area contributed by atoms with Gasteiger partial charge >= 0.3 is 6.03 Å². The summed E-state index contributed by atoms with van der Waals surface area (Å²) in [5, 5.41) is 10.1. The molecule has 6 rings (SSSR count). The fraction of sp³-hybridized carbons (Fsp3) is 0.192. The van der Waals surface area contributed by atoms with E-state index in [0.717, 1.165) is 24.2 Å². The molecular weight excluding hydrogens is 462 g/mol. The van der Waals surface area contributed by atoms with Crippen LogP contribution in [0, 0.1) is 5.92 Å². The number of nitrogens with zero attached hydrogens (tertiary/aromatic N) is 2. The zero-order valence-electron chi connectivity index (χ0n) is 18.9. The maximum atomic E-state index is 13.3.